The van der Waals surface area contributed by atoms with Crippen molar-refractivity contribution in [1.29, 1.82) is 0 Å². The number of hydrogen-bond donors (Lipinski definition) is 1. The van der Waals surface area contributed by atoms with Gasteiger partial charge in [0.05, 0.1) is 23.8 Å². The molecule has 1 aliphatic rings. The number of nitrogens with zero attached hydrogens (tertiary/aromatic N) is 3. The lowest BCUT2D eigenvalue weighted by molar-refractivity contribution is -0.385. The third-order valence-electron chi connectivity index (χ3n) is 5.39. The van der Waals surface area contributed by atoms with Crippen LogP contribution in [0.3, 0.4) is 0 Å². The minimum Gasteiger partial charge on any atom is -0.378 e. The van der Waals surface area contributed by atoms with Gasteiger partial charge < -0.3 is 15.0 Å². The van der Waals surface area contributed by atoms with Crippen LogP contribution in [-0.4, -0.2) is 52.9 Å². The lowest BCUT2D eigenvalue weighted by atomic mass is 10.1. The Hall–Kier alpha value is -3.37. The molecule has 4 rings (SSSR count). The summed E-state index contributed by atoms with van der Waals surface area (Å²) in [5.74, 6) is -0.720. The number of nitrogens with one attached hydrogen (secondary N) is 1. The van der Waals surface area contributed by atoms with Crippen LogP contribution in [0.2, 0.25) is 0 Å². The Morgan fingerprint density at radius 3 is 2.56 bits per heavy atom. The van der Waals surface area contributed by atoms with Gasteiger partial charge in [-0.2, -0.15) is 0 Å². The van der Waals surface area contributed by atoms with Gasteiger partial charge in [-0.05, 0) is 38.5 Å². The molecule has 10 heteroatoms. The van der Waals surface area contributed by atoms with Crippen molar-refractivity contribution in [2.24, 2.45) is 0 Å². The number of nitro groups is 1. The number of aromatic nitrogens is 1. The Labute approximate surface area is 188 Å². The van der Waals surface area contributed by atoms with Gasteiger partial charge in [-0.1, -0.05) is 6.07 Å². The summed E-state index contributed by atoms with van der Waals surface area (Å²) in [4.78, 5) is 44.5. The predicted octanol–water partition coefficient (Wildman–Crippen LogP) is 3.85. The van der Waals surface area contributed by atoms with Crippen LogP contribution >= 0.6 is 11.3 Å². The molecule has 1 aliphatic heterocycles. The van der Waals surface area contributed by atoms with E-state index in [0.29, 0.717) is 52.6 Å². The van der Waals surface area contributed by atoms with E-state index < -0.39 is 10.8 Å². The van der Waals surface area contributed by atoms with Crippen LogP contribution in [0.25, 0.3) is 10.2 Å². The van der Waals surface area contributed by atoms with Gasteiger partial charge >= 0.3 is 0 Å². The Bertz CT molecular complexity index is 1250. The molecule has 1 aromatic carbocycles. The molecule has 1 fully saturated rings. The van der Waals surface area contributed by atoms with Crippen LogP contribution < -0.4 is 5.32 Å². The molecule has 9 nitrogen and oxygen atoms in total. The number of fused-ring (bicyclic) bond motifs is 1. The van der Waals surface area contributed by atoms with Crippen molar-refractivity contribution in [3.8, 4) is 0 Å². The number of hydrogen-bond acceptors (Lipinski definition) is 7. The van der Waals surface area contributed by atoms with Crippen LogP contribution in [0.4, 0.5) is 11.4 Å². The zero-order valence-corrected chi connectivity index (χ0v) is 18.7. The summed E-state index contributed by atoms with van der Waals surface area (Å²) < 4.78 is 5.34. The van der Waals surface area contributed by atoms with Crippen molar-refractivity contribution < 1.29 is 19.2 Å². The van der Waals surface area contributed by atoms with E-state index >= 15 is 0 Å². The fourth-order valence-corrected chi connectivity index (χ4v) is 4.97. The SMILES string of the molecule is Cc1cc(C)c2c(NC(=O)c3ccc(C)c([N+](=O)[O-])c3)c(C(=O)N3CCOCC3)sc2n1. The van der Waals surface area contributed by atoms with E-state index in [0.717, 1.165) is 11.3 Å². The van der Waals surface area contributed by atoms with Crippen molar-refractivity contribution in [2.45, 2.75) is 20.8 Å². The number of benzene rings is 1. The molecule has 166 valence electrons. The number of carbonyl (C=O) groups is 2. The lowest BCUT2D eigenvalue weighted by Gasteiger charge is -2.26. The Balaban J connectivity index is 1.78. The number of nitro benzene ring substituents is 1. The standard InChI is InChI=1S/C22H22N4O5S/c1-12-4-5-15(11-16(12)26(29)30)20(27)24-18-17-13(2)10-14(3)23-21(17)32-19(18)22(28)25-6-8-31-9-7-25/h4-5,10-11H,6-9H2,1-3H3,(H,24,27). The summed E-state index contributed by atoms with van der Waals surface area (Å²) in [6.45, 7) is 7.25. The van der Waals surface area contributed by atoms with Crippen molar-refractivity contribution in [3.05, 3.63) is 61.6 Å². The average molecular weight is 455 g/mol. The number of anilines is 1. The van der Waals surface area contributed by atoms with Crippen LogP contribution in [0.1, 0.15) is 36.9 Å². The second kappa shape index (κ2) is 8.64. The molecular formula is C22H22N4O5S. The minimum absolute atomic E-state index is 0.133. The maximum atomic E-state index is 13.3. The Kier molecular flexibility index (Phi) is 5.90. The number of thiophene rings is 1. The highest BCUT2D eigenvalue weighted by atomic mass is 32.1. The molecule has 0 spiro atoms. The maximum absolute atomic E-state index is 13.3. The molecule has 3 heterocycles. The van der Waals surface area contributed by atoms with Crippen molar-refractivity contribution >= 4 is 44.7 Å². The topological polar surface area (TPSA) is 115 Å². The van der Waals surface area contributed by atoms with Gasteiger partial charge in [-0.25, -0.2) is 4.98 Å². The Morgan fingerprint density at radius 2 is 1.88 bits per heavy atom. The molecule has 0 bridgehead atoms. The van der Waals surface area contributed by atoms with Crippen LogP contribution in [0.5, 0.6) is 0 Å². The number of aryl methyl sites for hydroxylation is 3. The molecule has 3 aromatic rings. The highest BCUT2D eigenvalue weighted by Gasteiger charge is 2.28. The third-order valence-corrected chi connectivity index (χ3v) is 6.46. The molecule has 0 aliphatic carbocycles. The number of rotatable bonds is 4. The molecule has 32 heavy (non-hydrogen) atoms. The first-order valence-corrected chi connectivity index (χ1v) is 10.9. The van der Waals surface area contributed by atoms with Gasteiger partial charge in [0, 0.05) is 41.4 Å². The molecule has 0 saturated carbocycles. The molecule has 1 N–H and O–H groups in total. The van der Waals surface area contributed by atoms with Gasteiger partial charge in [0.2, 0.25) is 0 Å². The highest BCUT2D eigenvalue weighted by molar-refractivity contribution is 7.21. The number of amides is 2. The van der Waals surface area contributed by atoms with Crippen LogP contribution in [0.15, 0.2) is 24.3 Å². The maximum Gasteiger partial charge on any atom is 0.273 e. The first-order chi connectivity index (χ1) is 15.3. The lowest BCUT2D eigenvalue weighted by Crippen LogP contribution is -2.40. The van der Waals surface area contributed by atoms with E-state index in [2.05, 4.69) is 10.3 Å². The highest BCUT2D eigenvalue weighted by Crippen LogP contribution is 2.38. The van der Waals surface area contributed by atoms with Crippen LogP contribution in [-0.2, 0) is 4.74 Å². The fraction of sp³-hybridized carbons (Fsp3) is 0.318. The smallest absolute Gasteiger partial charge is 0.273 e. The molecule has 0 atom stereocenters. The molecule has 2 aromatic heterocycles. The number of carbonyl (C=O) groups excluding carboxylic acids is 2. The first kappa shape index (κ1) is 21.8. The molecule has 0 radical (unpaired) electrons. The quantitative estimate of drug-likeness (QED) is 0.473. The number of ether oxygens (including phenoxy) is 1. The summed E-state index contributed by atoms with van der Waals surface area (Å²) in [5.41, 5.74) is 2.56. The zero-order chi connectivity index (χ0) is 23.0. The van der Waals surface area contributed by atoms with Crippen molar-refractivity contribution in [3.63, 3.8) is 0 Å². The predicted molar refractivity (Wildman–Crippen MR) is 122 cm³/mol. The molecule has 2 amide bonds. The van der Waals surface area contributed by atoms with E-state index in [4.69, 9.17) is 4.74 Å². The third kappa shape index (κ3) is 4.06. The average Bonchev–Trinajstić information content (AvgIpc) is 3.12. The molecular weight excluding hydrogens is 432 g/mol. The zero-order valence-electron chi connectivity index (χ0n) is 17.9. The summed E-state index contributed by atoms with van der Waals surface area (Å²) in [5, 5.41) is 14.8. The monoisotopic (exact) mass is 454 g/mol. The number of pyridine rings is 1. The van der Waals surface area contributed by atoms with Crippen molar-refractivity contribution in [2.75, 3.05) is 31.6 Å². The first-order valence-electron chi connectivity index (χ1n) is 10.1. The second-order valence-electron chi connectivity index (χ2n) is 7.68. The van der Waals surface area contributed by atoms with E-state index in [1.807, 2.05) is 19.9 Å². The van der Waals surface area contributed by atoms with Gasteiger partial charge in [0.15, 0.2) is 0 Å². The van der Waals surface area contributed by atoms with Crippen LogP contribution in [0, 0.1) is 30.9 Å². The van der Waals surface area contributed by atoms with E-state index in [-0.39, 0.29) is 17.2 Å². The minimum atomic E-state index is -0.524. The summed E-state index contributed by atoms with van der Waals surface area (Å²) >= 11 is 1.24. The van der Waals surface area contributed by atoms with Crippen molar-refractivity contribution in [1.82, 2.24) is 9.88 Å². The van der Waals surface area contributed by atoms with Gasteiger partial charge in [0.25, 0.3) is 17.5 Å². The van der Waals surface area contributed by atoms with E-state index in [1.165, 1.54) is 29.5 Å². The Morgan fingerprint density at radius 1 is 1.16 bits per heavy atom. The summed E-state index contributed by atoms with van der Waals surface area (Å²) in [7, 11) is 0. The van der Waals surface area contributed by atoms with Gasteiger partial charge in [-0.15, -0.1) is 11.3 Å². The number of morpholine rings is 1. The van der Waals surface area contributed by atoms with E-state index in [9.17, 15) is 19.7 Å². The van der Waals surface area contributed by atoms with Gasteiger partial charge in [0.1, 0.15) is 9.71 Å². The summed E-state index contributed by atoms with van der Waals surface area (Å²) in [6, 6.07) is 6.21. The summed E-state index contributed by atoms with van der Waals surface area (Å²) in [6.07, 6.45) is 0. The molecule has 1 saturated heterocycles. The largest absolute Gasteiger partial charge is 0.378 e. The fourth-order valence-electron chi connectivity index (χ4n) is 3.75. The van der Waals surface area contributed by atoms with Gasteiger partial charge in [-0.3, -0.25) is 19.7 Å². The molecule has 0 unspecified atom stereocenters. The normalized spacial score (nSPS) is 13.9. The second-order valence-corrected chi connectivity index (χ2v) is 8.68. The van der Waals surface area contributed by atoms with E-state index in [1.54, 1.807) is 11.8 Å².